The molecule has 0 aromatic carbocycles. The Morgan fingerprint density at radius 3 is 2.79 bits per heavy atom. The van der Waals surface area contributed by atoms with E-state index >= 15 is 0 Å². The molecule has 0 amide bonds. The van der Waals surface area contributed by atoms with Crippen LogP contribution in [0.4, 0.5) is 0 Å². The molecule has 1 aromatic heterocycles. The zero-order valence-corrected chi connectivity index (χ0v) is 13.0. The molecule has 1 atom stereocenters. The van der Waals surface area contributed by atoms with Crippen LogP contribution in [0.15, 0.2) is 16.3 Å². The summed E-state index contributed by atoms with van der Waals surface area (Å²) in [5.41, 5.74) is 5.55. The van der Waals surface area contributed by atoms with Crippen LogP contribution in [0.2, 0.25) is 0 Å². The van der Waals surface area contributed by atoms with Gasteiger partial charge in [0.1, 0.15) is 4.21 Å². The summed E-state index contributed by atoms with van der Waals surface area (Å²) < 4.78 is 27.2. The maximum Gasteiger partial charge on any atom is 0.252 e. The predicted octanol–water partition coefficient (Wildman–Crippen LogP) is 2.41. The number of nitrogens with two attached hydrogens (primary N) is 1. The summed E-state index contributed by atoms with van der Waals surface area (Å²) >= 11 is 1.29. The van der Waals surface area contributed by atoms with Gasteiger partial charge in [-0.3, -0.25) is 0 Å². The molecule has 2 rings (SSSR count). The maximum absolute atomic E-state index is 12.6. The van der Waals surface area contributed by atoms with Crippen molar-refractivity contribution in [2.24, 2.45) is 11.7 Å². The van der Waals surface area contributed by atoms with Crippen molar-refractivity contribution in [1.82, 2.24) is 4.31 Å². The molecule has 0 radical (unpaired) electrons. The second kappa shape index (κ2) is 6.35. The minimum absolute atomic E-state index is 0.401. The SMILES string of the molecule is CCC1CCCN(S(=O)(=O)c2ccc(CN)s2)CC1. The largest absolute Gasteiger partial charge is 0.326 e. The Morgan fingerprint density at radius 2 is 2.16 bits per heavy atom. The van der Waals surface area contributed by atoms with E-state index in [1.807, 2.05) is 6.07 Å². The van der Waals surface area contributed by atoms with Crippen molar-refractivity contribution in [2.75, 3.05) is 13.1 Å². The Bertz CT molecular complexity index is 510. The van der Waals surface area contributed by atoms with Gasteiger partial charge in [0.25, 0.3) is 10.0 Å². The minimum Gasteiger partial charge on any atom is -0.326 e. The van der Waals surface area contributed by atoms with Gasteiger partial charge in [-0.1, -0.05) is 13.3 Å². The first-order valence-corrected chi connectivity index (χ1v) is 9.12. The van der Waals surface area contributed by atoms with Crippen LogP contribution in [0.5, 0.6) is 0 Å². The van der Waals surface area contributed by atoms with E-state index in [1.165, 1.54) is 11.3 Å². The summed E-state index contributed by atoms with van der Waals surface area (Å²) in [6.45, 7) is 3.88. The molecule has 1 fully saturated rings. The minimum atomic E-state index is -3.31. The van der Waals surface area contributed by atoms with Crippen molar-refractivity contribution < 1.29 is 8.42 Å². The second-order valence-corrected chi connectivity index (χ2v) is 8.37. The third-order valence-corrected chi connectivity index (χ3v) is 7.29. The Morgan fingerprint density at radius 1 is 1.37 bits per heavy atom. The summed E-state index contributed by atoms with van der Waals surface area (Å²) in [6, 6.07) is 3.49. The van der Waals surface area contributed by atoms with Crippen molar-refractivity contribution in [3.05, 3.63) is 17.0 Å². The molecule has 0 saturated carbocycles. The summed E-state index contributed by atoms with van der Waals surface area (Å²) in [6.07, 6.45) is 4.23. The van der Waals surface area contributed by atoms with Crippen LogP contribution >= 0.6 is 11.3 Å². The van der Waals surface area contributed by atoms with Gasteiger partial charge in [-0.2, -0.15) is 4.31 Å². The smallest absolute Gasteiger partial charge is 0.252 e. The van der Waals surface area contributed by atoms with Gasteiger partial charge in [0.05, 0.1) is 0 Å². The Balaban J connectivity index is 2.15. The summed E-state index contributed by atoms with van der Waals surface area (Å²) in [4.78, 5) is 0.917. The normalized spacial score (nSPS) is 22.3. The topological polar surface area (TPSA) is 63.4 Å². The van der Waals surface area contributed by atoms with Gasteiger partial charge in [-0.25, -0.2) is 8.42 Å². The number of rotatable bonds is 4. The standard InChI is InChI=1S/C13H22N2O2S2/c1-2-11-4-3-8-15(9-7-11)19(16,17)13-6-5-12(10-14)18-13/h5-6,11H,2-4,7-10,14H2,1H3. The molecule has 0 spiro atoms. The molecule has 2 N–H and O–H groups in total. The number of thiophene rings is 1. The fraction of sp³-hybridized carbons (Fsp3) is 0.692. The summed E-state index contributed by atoms with van der Waals surface area (Å²) in [5.74, 6) is 0.670. The van der Waals surface area contributed by atoms with E-state index in [-0.39, 0.29) is 0 Å². The number of hydrogen-bond acceptors (Lipinski definition) is 4. The van der Waals surface area contributed by atoms with Gasteiger partial charge in [0, 0.05) is 24.5 Å². The average Bonchev–Trinajstić information content (AvgIpc) is 2.76. The highest BCUT2D eigenvalue weighted by Crippen LogP contribution is 2.28. The highest BCUT2D eigenvalue weighted by atomic mass is 32.2. The molecule has 2 heterocycles. The Hall–Kier alpha value is -0.430. The van der Waals surface area contributed by atoms with Gasteiger partial charge in [0.2, 0.25) is 0 Å². The molecule has 0 aliphatic carbocycles. The van der Waals surface area contributed by atoms with Crippen molar-refractivity contribution in [3.63, 3.8) is 0 Å². The highest BCUT2D eigenvalue weighted by Gasteiger charge is 2.28. The lowest BCUT2D eigenvalue weighted by Crippen LogP contribution is -2.31. The second-order valence-electron chi connectivity index (χ2n) is 5.03. The molecule has 1 saturated heterocycles. The molecular weight excluding hydrogens is 280 g/mol. The van der Waals surface area contributed by atoms with Crippen LogP contribution in [-0.4, -0.2) is 25.8 Å². The fourth-order valence-electron chi connectivity index (χ4n) is 2.52. The van der Waals surface area contributed by atoms with Crippen molar-refractivity contribution in [1.29, 1.82) is 0 Å². The van der Waals surface area contributed by atoms with E-state index in [0.717, 1.165) is 30.6 Å². The lowest BCUT2D eigenvalue weighted by Gasteiger charge is -2.19. The zero-order valence-electron chi connectivity index (χ0n) is 11.3. The van der Waals surface area contributed by atoms with E-state index < -0.39 is 10.0 Å². The van der Waals surface area contributed by atoms with Crippen molar-refractivity contribution in [3.8, 4) is 0 Å². The first kappa shape index (κ1) is 15.0. The highest BCUT2D eigenvalue weighted by molar-refractivity contribution is 7.91. The van der Waals surface area contributed by atoms with Crippen LogP contribution in [0.1, 0.15) is 37.5 Å². The van der Waals surface area contributed by atoms with Crippen LogP contribution in [0.25, 0.3) is 0 Å². The van der Waals surface area contributed by atoms with Gasteiger partial charge < -0.3 is 5.73 Å². The Kier molecular flexibility index (Phi) is 5.00. The maximum atomic E-state index is 12.6. The predicted molar refractivity (Wildman–Crippen MR) is 78.6 cm³/mol. The number of nitrogens with zero attached hydrogens (tertiary/aromatic N) is 1. The quantitative estimate of drug-likeness (QED) is 0.929. The number of sulfonamides is 1. The molecule has 1 unspecified atom stereocenters. The summed E-state index contributed by atoms with van der Waals surface area (Å²) in [7, 11) is -3.31. The van der Waals surface area contributed by atoms with Crippen LogP contribution < -0.4 is 5.73 Å². The van der Waals surface area contributed by atoms with Crippen LogP contribution in [-0.2, 0) is 16.6 Å². The van der Waals surface area contributed by atoms with Crippen LogP contribution in [0.3, 0.4) is 0 Å². The van der Waals surface area contributed by atoms with Crippen molar-refractivity contribution >= 4 is 21.4 Å². The number of hydrogen-bond donors (Lipinski definition) is 1. The monoisotopic (exact) mass is 302 g/mol. The molecule has 6 heteroatoms. The first-order valence-electron chi connectivity index (χ1n) is 6.87. The molecule has 108 valence electrons. The lowest BCUT2D eigenvalue weighted by molar-refractivity contribution is 0.408. The third kappa shape index (κ3) is 3.37. The molecular formula is C13H22N2O2S2. The van der Waals surface area contributed by atoms with E-state index in [2.05, 4.69) is 6.92 Å². The average molecular weight is 302 g/mol. The molecule has 4 nitrogen and oxygen atoms in total. The zero-order chi connectivity index (χ0) is 13.9. The van der Waals surface area contributed by atoms with Gasteiger partial charge in [0.15, 0.2) is 0 Å². The first-order chi connectivity index (χ1) is 9.07. The molecule has 1 aliphatic heterocycles. The van der Waals surface area contributed by atoms with Crippen LogP contribution in [0, 0.1) is 5.92 Å². The third-order valence-electron chi connectivity index (χ3n) is 3.82. The van der Waals surface area contributed by atoms with E-state index in [0.29, 0.717) is 29.8 Å². The van der Waals surface area contributed by atoms with E-state index in [4.69, 9.17) is 5.73 Å². The van der Waals surface area contributed by atoms with E-state index in [1.54, 1.807) is 10.4 Å². The fourth-order valence-corrected chi connectivity index (χ4v) is 5.40. The lowest BCUT2D eigenvalue weighted by atomic mass is 9.98. The molecule has 0 bridgehead atoms. The van der Waals surface area contributed by atoms with Gasteiger partial charge in [-0.05, 0) is 37.3 Å². The molecule has 19 heavy (non-hydrogen) atoms. The summed E-state index contributed by atoms with van der Waals surface area (Å²) in [5, 5.41) is 0. The van der Waals surface area contributed by atoms with Gasteiger partial charge in [-0.15, -0.1) is 11.3 Å². The molecule has 1 aliphatic rings. The van der Waals surface area contributed by atoms with E-state index in [9.17, 15) is 8.42 Å². The van der Waals surface area contributed by atoms with Gasteiger partial charge >= 0.3 is 0 Å². The molecule has 1 aromatic rings. The van der Waals surface area contributed by atoms with Crippen molar-refractivity contribution in [2.45, 2.75) is 43.4 Å². The Labute approximate surface area is 119 Å².